The summed E-state index contributed by atoms with van der Waals surface area (Å²) in [6, 6.07) is 13.7. The number of benzene rings is 2. The van der Waals surface area contributed by atoms with Gasteiger partial charge in [-0.1, -0.05) is 78.0 Å². The Morgan fingerprint density at radius 3 is 2.49 bits per heavy atom. The first-order valence-corrected chi connectivity index (χ1v) is 14.9. The number of anilines is 1. The smallest absolute Gasteiger partial charge is 0.279 e. The minimum absolute atomic E-state index is 0.0133. The first-order valence-electron chi connectivity index (χ1n) is 13.8. The summed E-state index contributed by atoms with van der Waals surface area (Å²) in [6.45, 7) is 0.393. The molecular formula is C31H30Cl3N5O4. The number of rotatable bonds is 8. The molecular weight excluding hydrogens is 613 g/mol. The molecule has 0 saturated heterocycles. The number of methoxy groups -OCH3 is 1. The van der Waals surface area contributed by atoms with Crippen molar-refractivity contribution in [3.8, 4) is 28.3 Å². The van der Waals surface area contributed by atoms with Crippen molar-refractivity contribution in [3.05, 3.63) is 91.3 Å². The molecule has 0 radical (unpaired) electrons. The van der Waals surface area contributed by atoms with Crippen molar-refractivity contribution >= 4 is 46.4 Å². The standard InChI is InChI=1S/C31H30Cl3N5O4/c1-39-31(42)20(13-14-36-39)29(41)37-24-11-6-8-18(28(24)34)17-7-5-9-19(27(17)33)25-15-22(32)21(30(38-25)43-2)16-35-23-10-3-4-12-26(23)40/h5-9,11,13-15,23,26,35,40H,3-4,10,12,16H2,1-2H3,(H,37,41)/t23?,26-/m0/s1. The molecule has 5 rings (SSSR count). The number of aryl methyl sites for hydroxylation is 1. The predicted octanol–water partition coefficient (Wildman–Crippen LogP) is 6.12. The van der Waals surface area contributed by atoms with Gasteiger partial charge < -0.3 is 20.5 Å². The van der Waals surface area contributed by atoms with Crippen LogP contribution >= 0.6 is 34.8 Å². The molecule has 43 heavy (non-hydrogen) atoms. The number of amides is 1. The molecule has 4 aromatic rings. The number of halogens is 3. The van der Waals surface area contributed by atoms with Crippen LogP contribution in [-0.4, -0.2) is 45.0 Å². The molecule has 2 atom stereocenters. The second-order valence-electron chi connectivity index (χ2n) is 10.3. The lowest BCUT2D eigenvalue weighted by Crippen LogP contribution is -2.41. The van der Waals surface area contributed by atoms with Gasteiger partial charge in [0.25, 0.3) is 11.5 Å². The number of nitrogens with zero attached hydrogens (tertiary/aromatic N) is 3. The fraction of sp³-hybridized carbons (Fsp3) is 0.290. The summed E-state index contributed by atoms with van der Waals surface area (Å²) in [5, 5.41) is 21.4. The maximum absolute atomic E-state index is 12.9. The highest BCUT2D eigenvalue weighted by Crippen LogP contribution is 2.42. The number of hydrogen-bond donors (Lipinski definition) is 3. The van der Waals surface area contributed by atoms with Crippen LogP contribution in [0.1, 0.15) is 41.6 Å². The fourth-order valence-corrected chi connectivity index (χ4v) is 6.06. The molecule has 1 unspecified atom stereocenters. The van der Waals surface area contributed by atoms with Gasteiger partial charge in [-0.05, 0) is 31.0 Å². The average molecular weight is 643 g/mol. The lowest BCUT2D eigenvalue weighted by molar-refractivity contribution is 0.0901. The normalized spacial score (nSPS) is 16.6. The second kappa shape index (κ2) is 13.4. The Hall–Kier alpha value is -3.47. The number of ether oxygens (including phenoxy) is 1. The van der Waals surface area contributed by atoms with Gasteiger partial charge in [0.15, 0.2) is 0 Å². The van der Waals surface area contributed by atoms with Gasteiger partial charge in [0.2, 0.25) is 5.88 Å². The van der Waals surface area contributed by atoms with Crippen LogP contribution in [0.25, 0.3) is 22.4 Å². The Morgan fingerprint density at radius 2 is 1.74 bits per heavy atom. The molecule has 2 heterocycles. The number of aliphatic hydroxyl groups is 1. The van der Waals surface area contributed by atoms with Crippen molar-refractivity contribution in [2.45, 2.75) is 44.4 Å². The lowest BCUT2D eigenvalue weighted by Gasteiger charge is -2.28. The first kappa shape index (κ1) is 31.0. The third-order valence-electron chi connectivity index (χ3n) is 7.56. The van der Waals surface area contributed by atoms with E-state index in [1.165, 1.54) is 26.4 Å². The third-order valence-corrected chi connectivity index (χ3v) is 8.71. The molecule has 1 aliphatic rings. The van der Waals surface area contributed by atoms with Crippen molar-refractivity contribution in [1.82, 2.24) is 20.1 Å². The van der Waals surface area contributed by atoms with Gasteiger partial charge in [-0.25, -0.2) is 9.67 Å². The molecule has 1 amide bonds. The molecule has 2 aromatic heterocycles. The van der Waals surface area contributed by atoms with Crippen LogP contribution in [0, 0.1) is 0 Å². The highest BCUT2D eigenvalue weighted by molar-refractivity contribution is 6.39. The SMILES string of the molecule is COc1nc(-c2cccc(-c3cccc(NC(=O)c4ccnn(C)c4=O)c3Cl)c2Cl)cc(Cl)c1CNC1CCCC[C@@H]1O. The second-order valence-corrected chi connectivity index (χ2v) is 11.4. The summed E-state index contributed by atoms with van der Waals surface area (Å²) < 4.78 is 6.68. The van der Waals surface area contributed by atoms with Gasteiger partial charge in [-0.2, -0.15) is 5.10 Å². The van der Waals surface area contributed by atoms with E-state index in [1.54, 1.807) is 24.3 Å². The maximum Gasteiger partial charge on any atom is 0.279 e. The molecule has 0 spiro atoms. The Bertz CT molecular complexity index is 1730. The number of carbonyl (C=O) groups is 1. The van der Waals surface area contributed by atoms with Crippen molar-refractivity contribution in [2.24, 2.45) is 7.05 Å². The summed E-state index contributed by atoms with van der Waals surface area (Å²) >= 11 is 20.5. The highest BCUT2D eigenvalue weighted by atomic mass is 35.5. The maximum atomic E-state index is 12.9. The quantitative estimate of drug-likeness (QED) is 0.212. The van der Waals surface area contributed by atoms with Crippen molar-refractivity contribution in [3.63, 3.8) is 0 Å². The minimum Gasteiger partial charge on any atom is -0.481 e. The Balaban J connectivity index is 1.44. The van der Waals surface area contributed by atoms with Crippen molar-refractivity contribution < 1.29 is 14.6 Å². The number of carbonyl (C=O) groups excluding carboxylic acids is 1. The van der Waals surface area contributed by atoms with E-state index in [1.807, 2.05) is 18.2 Å². The van der Waals surface area contributed by atoms with E-state index in [9.17, 15) is 14.7 Å². The molecule has 1 aliphatic carbocycles. The number of nitrogens with one attached hydrogen (secondary N) is 2. The molecule has 1 saturated carbocycles. The summed E-state index contributed by atoms with van der Waals surface area (Å²) in [4.78, 5) is 29.9. The van der Waals surface area contributed by atoms with Gasteiger partial charge in [-0.3, -0.25) is 9.59 Å². The third kappa shape index (κ3) is 6.56. The van der Waals surface area contributed by atoms with Crippen LogP contribution in [0.15, 0.2) is 59.5 Å². The number of aromatic nitrogens is 3. The molecule has 9 nitrogen and oxygen atoms in total. The van der Waals surface area contributed by atoms with Crippen LogP contribution in [0.4, 0.5) is 5.69 Å². The molecule has 1 fully saturated rings. The number of pyridine rings is 1. The molecule has 0 bridgehead atoms. The summed E-state index contributed by atoms with van der Waals surface area (Å²) in [6.07, 6.45) is 4.74. The molecule has 12 heteroatoms. The average Bonchev–Trinajstić information content (AvgIpc) is 2.99. The van der Waals surface area contributed by atoms with E-state index in [0.29, 0.717) is 56.1 Å². The lowest BCUT2D eigenvalue weighted by atomic mass is 9.92. The predicted molar refractivity (Wildman–Crippen MR) is 169 cm³/mol. The summed E-state index contributed by atoms with van der Waals surface area (Å²) in [5.74, 6) is -0.257. The van der Waals surface area contributed by atoms with Gasteiger partial charge in [0.1, 0.15) is 5.56 Å². The molecule has 2 aromatic carbocycles. The Kier molecular flexibility index (Phi) is 9.68. The van der Waals surface area contributed by atoms with E-state index in [-0.39, 0.29) is 16.6 Å². The molecule has 3 N–H and O–H groups in total. The van der Waals surface area contributed by atoms with Gasteiger partial charge in [0.05, 0.1) is 39.7 Å². The van der Waals surface area contributed by atoms with E-state index in [2.05, 4.69) is 15.7 Å². The summed E-state index contributed by atoms with van der Waals surface area (Å²) in [7, 11) is 2.99. The molecule has 0 aliphatic heterocycles. The minimum atomic E-state index is -0.611. The van der Waals surface area contributed by atoms with E-state index >= 15 is 0 Å². The van der Waals surface area contributed by atoms with Gasteiger partial charge in [-0.15, -0.1) is 0 Å². The van der Waals surface area contributed by atoms with Gasteiger partial charge in [0, 0.05) is 48.1 Å². The first-order chi connectivity index (χ1) is 20.7. The zero-order chi connectivity index (χ0) is 30.7. The zero-order valence-corrected chi connectivity index (χ0v) is 25.8. The summed E-state index contributed by atoms with van der Waals surface area (Å²) in [5.41, 5.74) is 2.69. The fourth-order valence-electron chi connectivity index (χ4n) is 5.21. The Morgan fingerprint density at radius 1 is 1.05 bits per heavy atom. The number of hydrogen-bond acceptors (Lipinski definition) is 7. The zero-order valence-electron chi connectivity index (χ0n) is 23.5. The monoisotopic (exact) mass is 641 g/mol. The van der Waals surface area contributed by atoms with E-state index in [0.717, 1.165) is 30.4 Å². The van der Waals surface area contributed by atoms with Crippen LogP contribution in [0.3, 0.4) is 0 Å². The van der Waals surface area contributed by atoms with Crippen LogP contribution in [0.5, 0.6) is 5.88 Å². The van der Waals surface area contributed by atoms with Crippen molar-refractivity contribution in [2.75, 3.05) is 12.4 Å². The van der Waals surface area contributed by atoms with E-state index < -0.39 is 17.6 Å². The van der Waals surface area contributed by atoms with Crippen molar-refractivity contribution in [1.29, 1.82) is 0 Å². The van der Waals surface area contributed by atoms with Gasteiger partial charge >= 0.3 is 0 Å². The Labute approximate surface area is 263 Å². The van der Waals surface area contributed by atoms with Crippen LogP contribution < -0.4 is 20.9 Å². The molecule has 224 valence electrons. The van der Waals surface area contributed by atoms with Crippen LogP contribution in [0.2, 0.25) is 15.1 Å². The van der Waals surface area contributed by atoms with Crippen LogP contribution in [-0.2, 0) is 13.6 Å². The van der Waals surface area contributed by atoms with E-state index in [4.69, 9.17) is 44.5 Å². The largest absolute Gasteiger partial charge is 0.481 e. The topological polar surface area (TPSA) is 118 Å². The number of aliphatic hydroxyl groups excluding tert-OH is 1. The highest BCUT2D eigenvalue weighted by Gasteiger charge is 2.24.